The molecule has 2 aromatic rings. The van der Waals surface area contributed by atoms with Crippen LogP contribution < -0.4 is 16.4 Å². The molecule has 5 heteroatoms. The zero-order valence-electron chi connectivity index (χ0n) is 15.4. The van der Waals surface area contributed by atoms with E-state index in [1.165, 1.54) is 11.1 Å². The third-order valence-electron chi connectivity index (χ3n) is 4.88. The zero-order valence-corrected chi connectivity index (χ0v) is 15.4. The topological polar surface area (TPSA) is 79.5 Å². The van der Waals surface area contributed by atoms with E-state index >= 15 is 0 Å². The van der Waals surface area contributed by atoms with E-state index in [1.807, 2.05) is 36.4 Å². The Morgan fingerprint density at radius 2 is 1.85 bits per heavy atom. The fraction of sp³-hybridized carbons (Fsp3) is 0.333. The highest BCUT2D eigenvalue weighted by molar-refractivity contribution is 5.93. The van der Waals surface area contributed by atoms with Crippen molar-refractivity contribution in [2.45, 2.75) is 39.7 Å². The van der Waals surface area contributed by atoms with Gasteiger partial charge in [-0.15, -0.1) is 0 Å². The molecule has 1 fully saturated rings. The van der Waals surface area contributed by atoms with Gasteiger partial charge in [-0.3, -0.25) is 4.79 Å². The lowest BCUT2D eigenvalue weighted by Crippen LogP contribution is -2.28. The average molecular weight is 350 g/mol. The predicted molar refractivity (Wildman–Crippen MR) is 107 cm³/mol. The summed E-state index contributed by atoms with van der Waals surface area (Å²) in [5, 5.41) is 6.10. The summed E-state index contributed by atoms with van der Waals surface area (Å²) in [5.41, 5.74) is 11.2. The first-order valence-corrected chi connectivity index (χ1v) is 9.05. The summed E-state index contributed by atoms with van der Waals surface area (Å²) >= 11 is 0. The lowest BCUT2D eigenvalue weighted by atomic mass is 9.85. The van der Waals surface area contributed by atoms with Crippen molar-refractivity contribution >= 4 is 23.2 Å². The van der Waals surface area contributed by atoms with E-state index in [1.54, 1.807) is 0 Å². The molecule has 1 aliphatic rings. The first-order chi connectivity index (χ1) is 12.5. The van der Waals surface area contributed by atoms with Crippen molar-refractivity contribution in [1.82, 2.24) is 0 Å². The summed E-state index contributed by atoms with van der Waals surface area (Å²) in [5.74, 6) is 0.666. The molecule has 0 heterocycles. The first-order valence-electron chi connectivity index (χ1n) is 9.05. The van der Waals surface area contributed by atoms with Crippen LogP contribution in [0.4, 0.5) is 11.4 Å². The fourth-order valence-electron chi connectivity index (χ4n) is 2.85. The number of carbonyl (C=O) groups is 1. The van der Waals surface area contributed by atoms with Crippen LogP contribution in [0.3, 0.4) is 0 Å². The third-order valence-corrected chi connectivity index (χ3v) is 4.88. The van der Waals surface area contributed by atoms with Gasteiger partial charge in [0.2, 0.25) is 5.91 Å². The van der Waals surface area contributed by atoms with E-state index in [4.69, 9.17) is 5.73 Å². The van der Waals surface area contributed by atoms with Crippen LogP contribution in [0.15, 0.2) is 47.5 Å². The van der Waals surface area contributed by atoms with E-state index in [2.05, 4.69) is 35.5 Å². The van der Waals surface area contributed by atoms with Gasteiger partial charge >= 0.3 is 0 Å². The van der Waals surface area contributed by atoms with Crippen molar-refractivity contribution in [3.8, 4) is 0 Å². The van der Waals surface area contributed by atoms with Gasteiger partial charge in [-0.05, 0) is 67.6 Å². The molecule has 0 saturated heterocycles. The molecule has 1 amide bonds. The Hall–Kier alpha value is -2.82. The number of guanidine groups is 1. The zero-order chi connectivity index (χ0) is 18.5. The number of anilines is 2. The standard InChI is InChI=1S/C21H26N4O/c1-14-9-10-19(11-15(14)2)25-21(22)23-13-16-5-3-8-18(12-16)24-20(26)17-6-4-7-17/h3,5,8-12,17H,4,6-7,13H2,1-2H3,(H,24,26)(H3,22,23,25). The van der Waals surface area contributed by atoms with Gasteiger partial charge in [0.25, 0.3) is 0 Å². The second-order valence-corrected chi connectivity index (χ2v) is 6.94. The summed E-state index contributed by atoms with van der Waals surface area (Å²) < 4.78 is 0. The maximum absolute atomic E-state index is 12.1. The van der Waals surface area contributed by atoms with Crippen LogP contribution >= 0.6 is 0 Å². The van der Waals surface area contributed by atoms with E-state index in [9.17, 15) is 4.79 Å². The van der Waals surface area contributed by atoms with Crippen LogP contribution in [0.5, 0.6) is 0 Å². The van der Waals surface area contributed by atoms with Crippen LogP contribution in [-0.2, 0) is 11.3 Å². The number of aryl methyl sites for hydroxylation is 2. The molecule has 0 atom stereocenters. The molecule has 0 aliphatic heterocycles. The molecule has 2 aromatic carbocycles. The molecule has 3 rings (SSSR count). The molecule has 0 bridgehead atoms. The summed E-state index contributed by atoms with van der Waals surface area (Å²) in [6, 6.07) is 13.8. The molecule has 26 heavy (non-hydrogen) atoms. The van der Waals surface area contributed by atoms with Crippen molar-refractivity contribution in [1.29, 1.82) is 0 Å². The molecule has 4 N–H and O–H groups in total. The monoisotopic (exact) mass is 350 g/mol. The van der Waals surface area contributed by atoms with E-state index in [0.29, 0.717) is 12.5 Å². The molecule has 136 valence electrons. The fourth-order valence-corrected chi connectivity index (χ4v) is 2.85. The normalized spacial score (nSPS) is 14.6. The molecule has 1 aliphatic carbocycles. The Kier molecular flexibility index (Phi) is 5.56. The van der Waals surface area contributed by atoms with Gasteiger partial charge in [0, 0.05) is 17.3 Å². The Balaban J connectivity index is 1.59. The number of hydrogen-bond acceptors (Lipinski definition) is 2. The van der Waals surface area contributed by atoms with Gasteiger partial charge in [-0.1, -0.05) is 24.6 Å². The van der Waals surface area contributed by atoms with Crippen molar-refractivity contribution < 1.29 is 4.79 Å². The van der Waals surface area contributed by atoms with Crippen LogP contribution in [0.1, 0.15) is 36.0 Å². The Morgan fingerprint density at radius 1 is 1.08 bits per heavy atom. The van der Waals surface area contributed by atoms with Crippen LogP contribution in [0.2, 0.25) is 0 Å². The Bertz CT molecular complexity index is 825. The van der Waals surface area contributed by atoms with E-state index in [0.717, 1.165) is 36.2 Å². The molecule has 0 unspecified atom stereocenters. The van der Waals surface area contributed by atoms with Gasteiger partial charge in [-0.2, -0.15) is 0 Å². The lowest BCUT2D eigenvalue weighted by Gasteiger charge is -2.24. The highest BCUT2D eigenvalue weighted by Gasteiger charge is 2.25. The predicted octanol–water partition coefficient (Wildman–Crippen LogP) is 3.97. The number of nitrogens with two attached hydrogens (primary N) is 1. The second kappa shape index (κ2) is 8.04. The lowest BCUT2D eigenvalue weighted by molar-refractivity contribution is -0.122. The summed E-state index contributed by atoms with van der Waals surface area (Å²) in [6.45, 7) is 4.60. The summed E-state index contributed by atoms with van der Waals surface area (Å²) in [4.78, 5) is 16.5. The van der Waals surface area contributed by atoms with Crippen molar-refractivity contribution in [2.75, 3.05) is 10.6 Å². The SMILES string of the molecule is Cc1ccc(NC(N)=NCc2cccc(NC(=O)C3CCC3)c2)cc1C. The highest BCUT2D eigenvalue weighted by atomic mass is 16.1. The molecule has 1 saturated carbocycles. The van der Waals surface area contributed by atoms with Crippen molar-refractivity contribution in [3.63, 3.8) is 0 Å². The average Bonchev–Trinajstić information content (AvgIpc) is 2.55. The van der Waals surface area contributed by atoms with Gasteiger partial charge in [0.15, 0.2) is 5.96 Å². The van der Waals surface area contributed by atoms with E-state index in [-0.39, 0.29) is 11.8 Å². The number of amides is 1. The number of aliphatic imine (C=N–C) groups is 1. The van der Waals surface area contributed by atoms with Gasteiger partial charge in [-0.25, -0.2) is 4.99 Å². The minimum atomic E-state index is 0.118. The maximum atomic E-state index is 12.1. The minimum Gasteiger partial charge on any atom is -0.370 e. The quantitative estimate of drug-likeness (QED) is 0.564. The second-order valence-electron chi connectivity index (χ2n) is 6.94. The number of nitrogens with one attached hydrogen (secondary N) is 2. The molecule has 0 spiro atoms. The highest BCUT2D eigenvalue weighted by Crippen LogP contribution is 2.27. The maximum Gasteiger partial charge on any atom is 0.227 e. The minimum absolute atomic E-state index is 0.118. The number of carbonyl (C=O) groups excluding carboxylic acids is 1. The van der Waals surface area contributed by atoms with Crippen molar-refractivity contribution in [3.05, 3.63) is 59.2 Å². The molecular formula is C21H26N4O. The third kappa shape index (κ3) is 4.63. The Labute approximate surface area is 154 Å². The Morgan fingerprint density at radius 3 is 2.54 bits per heavy atom. The van der Waals surface area contributed by atoms with Crippen LogP contribution in [0, 0.1) is 19.8 Å². The summed E-state index contributed by atoms with van der Waals surface area (Å²) in [6.07, 6.45) is 3.15. The number of nitrogens with zero attached hydrogens (tertiary/aromatic N) is 1. The largest absolute Gasteiger partial charge is 0.370 e. The molecule has 5 nitrogen and oxygen atoms in total. The smallest absolute Gasteiger partial charge is 0.227 e. The van der Waals surface area contributed by atoms with Crippen LogP contribution in [-0.4, -0.2) is 11.9 Å². The molecule has 0 aromatic heterocycles. The summed E-state index contributed by atoms with van der Waals surface area (Å²) in [7, 11) is 0. The van der Waals surface area contributed by atoms with Crippen LogP contribution in [0.25, 0.3) is 0 Å². The molecular weight excluding hydrogens is 324 g/mol. The molecule has 0 radical (unpaired) electrons. The van der Waals surface area contributed by atoms with Gasteiger partial charge in [0.05, 0.1) is 6.54 Å². The van der Waals surface area contributed by atoms with Crippen molar-refractivity contribution in [2.24, 2.45) is 16.6 Å². The van der Waals surface area contributed by atoms with E-state index < -0.39 is 0 Å². The first kappa shape index (κ1) is 18.0. The number of benzene rings is 2. The van der Waals surface area contributed by atoms with Gasteiger partial charge < -0.3 is 16.4 Å². The number of rotatable bonds is 5. The van der Waals surface area contributed by atoms with Gasteiger partial charge in [0.1, 0.15) is 0 Å². The number of hydrogen-bond donors (Lipinski definition) is 3.